The molecule has 0 atom stereocenters. The predicted molar refractivity (Wildman–Crippen MR) is 116 cm³/mol. The third kappa shape index (κ3) is 3.72. The van der Waals surface area contributed by atoms with Gasteiger partial charge in [0.1, 0.15) is 10.6 Å². The highest BCUT2D eigenvalue weighted by atomic mass is 32.1. The zero-order chi connectivity index (χ0) is 21.5. The number of benzene rings is 1. The van der Waals surface area contributed by atoms with Crippen molar-refractivity contribution in [2.75, 3.05) is 11.9 Å². The Labute approximate surface area is 182 Å². The van der Waals surface area contributed by atoms with Gasteiger partial charge in [0.05, 0.1) is 18.2 Å². The molecule has 2 aromatic heterocycles. The van der Waals surface area contributed by atoms with Crippen molar-refractivity contribution in [1.82, 2.24) is 0 Å². The van der Waals surface area contributed by atoms with E-state index >= 15 is 0 Å². The monoisotopic (exact) mass is 438 g/mol. The van der Waals surface area contributed by atoms with Crippen LogP contribution < -0.4 is 11.1 Å². The molecule has 31 heavy (non-hydrogen) atoms. The van der Waals surface area contributed by atoms with Crippen molar-refractivity contribution in [3.05, 3.63) is 51.1 Å². The number of carbonyl (C=O) groups excluding carboxylic acids is 3. The summed E-state index contributed by atoms with van der Waals surface area (Å²) in [4.78, 5) is 37.5. The number of anilines is 1. The second-order valence-corrected chi connectivity index (χ2v) is 9.15. The number of nitrogens with one attached hydrogen (secondary N) is 1. The summed E-state index contributed by atoms with van der Waals surface area (Å²) in [5, 5.41) is 4.03. The van der Waals surface area contributed by atoms with Crippen LogP contribution in [0.1, 0.15) is 50.3 Å². The maximum atomic E-state index is 12.3. The van der Waals surface area contributed by atoms with Gasteiger partial charge in [-0.25, -0.2) is 0 Å². The lowest BCUT2D eigenvalue weighted by Crippen LogP contribution is -2.23. The predicted octanol–water partition coefficient (Wildman–Crippen LogP) is 3.30. The van der Waals surface area contributed by atoms with Crippen molar-refractivity contribution in [2.24, 2.45) is 5.73 Å². The van der Waals surface area contributed by atoms with Gasteiger partial charge in [-0.1, -0.05) is 0 Å². The average Bonchev–Trinajstić information content (AvgIpc) is 3.48. The number of primary amides is 1. The first-order valence-corrected chi connectivity index (χ1v) is 11.2. The Morgan fingerprint density at radius 2 is 1.87 bits per heavy atom. The maximum Gasteiger partial charge on any atom is 0.310 e. The molecular formula is C23H22N2O5S. The first-order valence-electron chi connectivity index (χ1n) is 10.4. The van der Waals surface area contributed by atoms with Gasteiger partial charge in [-0.3, -0.25) is 14.4 Å². The molecule has 0 fully saturated rings. The first-order chi connectivity index (χ1) is 15.0. The van der Waals surface area contributed by atoms with Gasteiger partial charge in [0.15, 0.2) is 6.61 Å². The van der Waals surface area contributed by atoms with E-state index in [1.807, 2.05) is 0 Å². The van der Waals surface area contributed by atoms with Crippen LogP contribution in [-0.4, -0.2) is 24.4 Å². The molecule has 2 amide bonds. The van der Waals surface area contributed by atoms with E-state index in [0.717, 1.165) is 65.5 Å². The third-order valence-electron chi connectivity index (χ3n) is 5.99. The normalized spacial score (nSPS) is 14.5. The van der Waals surface area contributed by atoms with Gasteiger partial charge in [0.2, 0.25) is 0 Å². The van der Waals surface area contributed by atoms with Crippen molar-refractivity contribution >= 4 is 45.1 Å². The molecular weight excluding hydrogens is 416 g/mol. The molecule has 0 unspecified atom stereocenters. The van der Waals surface area contributed by atoms with Crippen LogP contribution in [0.2, 0.25) is 0 Å². The molecule has 0 saturated carbocycles. The Balaban J connectivity index is 1.21. The van der Waals surface area contributed by atoms with Crippen molar-refractivity contribution in [3.63, 3.8) is 0 Å². The van der Waals surface area contributed by atoms with Crippen LogP contribution in [0.3, 0.4) is 0 Å². The SMILES string of the molecule is NC(=O)c1c(NC(=O)COC(=O)Cc2coc3cc4c(cc23)CCC4)sc2c1CCC2. The average molecular weight is 439 g/mol. The van der Waals surface area contributed by atoms with Gasteiger partial charge in [0, 0.05) is 15.8 Å². The second-order valence-electron chi connectivity index (χ2n) is 8.04. The molecule has 2 aliphatic rings. The molecule has 0 aliphatic heterocycles. The third-order valence-corrected chi connectivity index (χ3v) is 7.20. The molecule has 1 aromatic carbocycles. The zero-order valence-electron chi connectivity index (χ0n) is 16.9. The standard InChI is InChI=1S/C23H22N2O5S/c24-22(28)21-15-5-2-6-18(15)31-23(21)25-19(26)11-30-20(27)9-14-10-29-17-8-13-4-1-3-12(13)7-16(14)17/h7-8,10H,1-6,9,11H2,(H2,24,28)(H,25,26). The molecule has 8 heteroatoms. The van der Waals surface area contributed by atoms with Crippen LogP contribution in [0.4, 0.5) is 5.00 Å². The number of hydrogen-bond acceptors (Lipinski definition) is 6. The Morgan fingerprint density at radius 3 is 2.68 bits per heavy atom. The minimum atomic E-state index is -0.551. The molecule has 3 N–H and O–H groups in total. The summed E-state index contributed by atoms with van der Waals surface area (Å²) in [5.41, 5.74) is 11.0. The van der Waals surface area contributed by atoms with Gasteiger partial charge in [-0.15, -0.1) is 11.3 Å². The minimum Gasteiger partial charge on any atom is -0.464 e. The summed E-state index contributed by atoms with van der Waals surface area (Å²) in [6, 6.07) is 4.15. The molecule has 0 radical (unpaired) electrons. The first kappa shape index (κ1) is 19.8. The zero-order valence-corrected chi connectivity index (χ0v) is 17.7. The Kier molecular flexibility index (Phi) is 5.02. The highest BCUT2D eigenvalue weighted by Gasteiger charge is 2.26. The lowest BCUT2D eigenvalue weighted by Gasteiger charge is -2.07. The van der Waals surface area contributed by atoms with Crippen LogP contribution in [0.5, 0.6) is 0 Å². The minimum absolute atomic E-state index is 0.0267. The highest BCUT2D eigenvalue weighted by Crippen LogP contribution is 2.38. The largest absolute Gasteiger partial charge is 0.464 e. The topological polar surface area (TPSA) is 112 Å². The van der Waals surface area contributed by atoms with E-state index < -0.39 is 24.4 Å². The lowest BCUT2D eigenvalue weighted by atomic mass is 10.0. The van der Waals surface area contributed by atoms with Crippen LogP contribution in [0.15, 0.2) is 22.8 Å². The summed E-state index contributed by atoms with van der Waals surface area (Å²) < 4.78 is 10.8. The number of hydrogen-bond donors (Lipinski definition) is 2. The second kappa shape index (κ2) is 7.85. The molecule has 160 valence electrons. The summed E-state index contributed by atoms with van der Waals surface area (Å²) in [6.07, 6.45) is 7.50. The maximum absolute atomic E-state index is 12.3. The molecule has 3 aromatic rings. The Hall–Kier alpha value is -3.13. The van der Waals surface area contributed by atoms with E-state index in [9.17, 15) is 14.4 Å². The highest BCUT2D eigenvalue weighted by molar-refractivity contribution is 7.17. The van der Waals surface area contributed by atoms with E-state index in [2.05, 4.69) is 17.4 Å². The number of esters is 1. The number of nitrogens with two attached hydrogens (primary N) is 1. The number of aryl methyl sites for hydroxylation is 3. The van der Waals surface area contributed by atoms with Crippen molar-refractivity contribution < 1.29 is 23.5 Å². The molecule has 2 aliphatic carbocycles. The molecule has 0 bridgehead atoms. The summed E-state index contributed by atoms with van der Waals surface area (Å²) in [6.45, 7) is -0.426. The van der Waals surface area contributed by atoms with Gasteiger partial charge < -0.3 is 20.2 Å². The van der Waals surface area contributed by atoms with Gasteiger partial charge in [-0.2, -0.15) is 0 Å². The van der Waals surface area contributed by atoms with Crippen LogP contribution >= 0.6 is 11.3 Å². The number of fused-ring (bicyclic) bond motifs is 3. The van der Waals surface area contributed by atoms with Gasteiger partial charge in [0.25, 0.3) is 11.8 Å². The van der Waals surface area contributed by atoms with Crippen molar-refractivity contribution in [3.8, 4) is 0 Å². The molecule has 0 spiro atoms. The number of carbonyl (C=O) groups is 3. The van der Waals surface area contributed by atoms with Crippen molar-refractivity contribution in [1.29, 1.82) is 0 Å². The van der Waals surface area contributed by atoms with Crippen LogP contribution in [-0.2, 0) is 46.4 Å². The molecule has 0 saturated heterocycles. The van der Waals surface area contributed by atoms with E-state index in [0.29, 0.717) is 10.6 Å². The number of thiophene rings is 1. The fraction of sp³-hybridized carbons (Fsp3) is 0.348. The van der Waals surface area contributed by atoms with E-state index in [1.165, 1.54) is 22.5 Å². The molecule has 5 rings (SSSR count). The quantitative estimate of drug-likeness (QED) is 0.574. The van der Waals surface area contributed by atoms with Crippen molar-refractivity contribution in [2.45, 2.75) is 44.9 Å². The number of ether oxygens (including phenoxy) is 1. The summed E-state index contributed by atoms with van der Waals surface area (Å²) in [5.74, 6) is -1.56. The van der Waals surface area contributed by atoms with E-state index in [-0.39, 0.29) is 6.42 Å². The Morgan fingerprint density at radius 1 is 1.10 bits per heavy atom. The number of furan rings is 1. The fourth-order valence-corrected chi connectivity index (χ4v) is 5.86. The fourth-order valence-electron chi connectivity index (χ4n) is 4.55. The van der Waals surface area contributed by atoms with Gasteiger partial charge >= 0.3 is 5.97 Å². The summed E-state index contributed by atoms with van der Waals surface area (Å²) in [7, 11) is 0. The van der Waals surface area contributed by atoms with Crippen LogP contribution in [0.25, 0.3) is 11.0 Å². The van der Waals surface area contributed by atoms with Crippen LogP contribution in [0, 0.1) is 0 Å². The van der Waals surface area contributed by atoms with E-state index in [4.69, 9.17) is 14.9 Å². The Bertz CT molecular complexity index is 1220. The number of amides is 2. The summed E-state index contributed by atoms with van der Waals surface area (Å²) >= 11 is 1.37. The molecule has 2 heterocycles. The number of rotatable bonds is 6. The lowest BCUT2D eigenvalue weighted by molar-refractivity contribution is -0.146. The smallest absolute Gasteiger partial charge is 0.310 e. The van der Waals surface area contributed by atoms with Gasteiger partial charge in [-0.05, 0) is 67.3 Å². The molecule has 7 nitrogen and oxygen atoms in total. The van der Waals surface area contributed by atoms with E-state index in [1.54, 1.807) is 6.26 Å².